The number of halogens is 6. The highest BCUT2D eigenvalue weighted by atomic mass is 19.4. The number of hydrogen-bond acceptors (Lipinski definition) is 2. The standard InChI is InChI=1S/C12H11F6N.CH2O2/c13-11(14,15)8-3-7(6-19-10-1-2-10)4-9(5-8)12(16,17)18;2-1-3/h3-5,10,19H,1-2,6H2;1H,(H,2,3). The first-order valence-electron chi connectivity index (χ1n) is 6.17. The summed E-state index contributed by atoms with van der Waals surface area (Å²) in [6.07, 6.45) is -7.75. The summed E-state index contributed by atoms with van der Waals surface area (Å²) in [5, 5.41) is 9.78. The van der Waals surface area contributed by atoms with Crippen molar-refractivity contribution in [1.29, 1.82) is 0 Å². The van der Waals surface area contributed by atoms with Crippen molar-refractivity contribution in [3.63, 3.8) is 0 Å². The van der Waals surface area contributed by atoms with Crippen molar-refractivity contribution < 1.29 is 36.2 Å². The maximum absolute atomic E-state index is 12.6. The van der Waals surface area contributed by atoms with E-state index in [1.54, 1.807) is 0 Å². The van der Waals surface area contributed by atoms with Gasteiger partial charge in [-0.05, 0) is 36.6 Å². The lowest BCUT2D eigenvalue weighted by molar-refractivity contribution is -0.143. The Morgan fingerprint density at radius 1 is 1.05 bits per heavy atom. The van der Waals surface area contributed by atoms with E-state index < -0.39 is 23.5 Å². The summed E-state index contributed by atoms with van der Waals surface area (Å²) in [4.78, 5) is 8.36. The van der Waals surface area contributed by atoms with Crippen LogP contribution in [0.15, 0.2) is 18.2 Å². The van der Waals surface area contributed by atoms with Gasteiger partial charge in [-0.1, -0.05) is 0 Å². The molecule has 0 amide bonds. The van der Waals surface area contributed by atoms with E-state index in [0.717, 1.165) is 25.0 Å². The molecular formula is C13H13F6NO2. The van der Waals surface area contributed by atoms with Crippen LogP contribution in [0.2, 0.25) is 0 Å². The number of carboxylic acid groups (broad SMARTS) is 1. The van der Waals surface area contributed by atoms with E-state index in [4.69, 9.17) is 9.90 Å². The molecular weight excluding hydrogens is 316 g/mol. The van der Waals surface area contributed by atoms with Crippen molar-refractivity contribution >= 4 is 6.47 Å². The molecule has 0 bridgehead atoms. The average molecular weight is 329 g/mol. The lowest BCUT2D eigenvalue weighted by Gasteiger charge is -2.14. The molecule has 1 aromatic carbocycles. The van der Waals surface area contributed by atoms with Gasteiger partial charge in [0.25, 0.3) is 6.47 Å². The lowest BCUT2D eigenvalue weighted by Crippen LogP contribution is -2.18. The molecule has 1 aliphatic rings. The molecule has 1 aliphatic carbocycles. The SMILES string of the molecule is FC(F)(F)c1cc(CNC2CC2)cc(C(F)(F)F)c1.O=CO. The van der Waals surface area contributed by atoms with Crippen LogP contribution in [0, 0.1) is 0 Å². The molecule has 0 radical (unpaired) electrons. The molecule has 124 valence electrons. The Morgan fingerprint density at radius 3 is 1.77 bits per heavy atom. The van der Waals surface area contributed by atoms with Crippen molar-refractivity contribution in [3.8, 4) is 0 Å². The second kappa shape index (κ2) is 6.99. The van der Waals surface area contributed by atoms with Crippen LogP contribution in [0.3, 0.4) is 0 Å². The lowest BCUT2D eigenvalue weighted by atomic mass is 10.0. The van der Waals surface area contributed by atoms with Crippen molar-refractivity contribution in [3.05, 3.63) is 34.9 Å². The third kappa shape index (κ3) is 5.92. The predicted molar refractivity (Wildman–Crippen MR) is 65.0 cm³/mol. The zero-order chi connectivity index (χ0) is 17.0. The number of benzene rings is 1. The molecule has 1 saturated carbocycles. The van der Waals surface area contributed by atoms with Crippen molar-refractivity contribution in [2.75, 3.05) is 0 Å². The summed E-state index contributed by atoms with van der Waals surface area (Å²) in [5.41, 5.74) is -2.54. The van der Waals surface area contributed by atoms with Gasteiger partial charge in [0.05, 0.1) is 11.1 Å². The smallest absolute Gasteiger partial charge is 0.416 e. The number of carbonyl (C=O) groups is 1. The van der Waals surface area contributed by atoms with Gasteiger partial charge in [-0.2, -0.15) is 26.3 Å². The minimum Gasteiger partial charge on any atom is -0.483 e. The Bertz CT molecular complexity index is 476. The van der Waals surface area contributed by atoms with Gasteiger partial charge in [-0.25, -0.2) is 0 Å². The number of hydrogen-bond donors (Lipinski definition) is 2. The highest BCUT2D eigenvalue weighted by molar-refractivity contribution is 5.33. The Balaban J connectivity index is 0.000000745. The minimum absolute atomic E-state index is 0.00551. The quantitative estimate of drug-likeness (QED) is 0.657. The minimum atomic E-state index is -4.78. The van der Waals surface area contributed by atoms with Gasteiger partial charge in [0, 0.05) is 12.6 Å². The van der Waals surface area contributed by atoms with Crippen molar-refractivity contribution in [2.45, 2.75) is 37.8 Å². The second-order valence-corrected chi connectivity index (χ2v) is 4.67. The number of rotatable bonds is 3. The van der Waals surface area contributed by atoms with Crippen LogP contribution in [0.25, 0.3) is 0 Å². The third-order valence-corrected chi connectivity index (χ3v) is 2.82. The molecule has 2 rings (SSSR count). The van der Waals surface area contributed by atoms with E-state index in [1.807, 2.05) is 0 Å². The fraction of sp³-hybridized carbons (Fsp3) is 0.462. The zero-order valence-corrected chi connectivity index (χ0v) is 11.1. The summed E-state index contributed by atoms with van der Waals surface area (Å²) < 4.78 is 75.4. The molecule has 0 unspecified atom stereocenters. The van der Waals surface area contributed by atoms with Crippen molar-refractivity contribution in [1.82, 2.24) is 5.32 Å². The van der Waals surface area contributed by atoms with Gasteiger partial charge in [0.2, 0.25) is 0 Å². The monoisotopic (exact) mass is 329 g/mol. The maximum Gasteiger partial charge on any atom is 0.416 e. The Morgan fingerprint density at radius 2 is 1.45 bits per heavy atom. The molecule has 0 atom stereocenters. The molecule has 2 N–H and O–H groups in total. The van der Waals surface area contributed by atoms with Crippen molar-refractivity contribution in [2.24, 2.45) is 0 Å². The molecule has 9 heteroatoms. The van der Waals surface area contributed by atoms with Gasteiger partial charge in [0.1, 0.15) is 0 Å². The summed E-state index contributed by atoms with van der Waals surface area (Å²) >= 11 is 0. The molecule has 1 aromatic rings. The molecule has 0 spiro atoms. The summed E-state index contributed by atoms with van der Waals surface area (Å²) in [6, 6.07) is 1.86. The van der Waals surface area contributed by atoms with Crippen LogP contribution in [-0.4, -0.2) is 17.6 Å². The summed E-state index contributed by atoms with van der Waals surface area (Å²) in [5.74, 6) is 0. The van der Waals surface area contributed by atoms with Crippen LogP contribution in [0.1, 0.15) is 29.5 Å². The van der Waals surface area contributed by atoms with Gasteiger partial charge < -0.3 is 10.4 Å². The van der Waals surface area contributed by atoms with E-state index in [1.165, 1.54) is 0 Å². The molecule has 3 nitrogen and oxygen atoms in total. The zero-order valence-electron chi connectivity index (χ0n) is 11.1. The fourth-order valence-electron chi connectivity index (χ4n) is 1.67. The topological polar surface area (TPSA) is 49.3 Å². The Hall–Kier alpha value is -1.77. The van der Waals surface area contributed by atoms with E-state index >= 15 is 0 Å². The molecule has 0 aromatic heterocycles. The van der Waals surface area contributed by atoms with Gasteiger partial charge in [0.15, 0.2) is 0 Å². The number of alkyl halides is 6. The van der Waals surface area contributed by atoms with Crippen LogP contribution < -0.4 is 5.32 Å². The molecule has 0 heterocycles. The first-order valence-corrected chi connectivity index (χ1v) is 6.17. The largest absolute Gasteiger partial charge is 0.483 e. The Labute approximate surface area is 121 Å². The van der Waals surface area contributed by atoms with E-state index in [2.05, 4.69) is 5.32 Å². The molecule has 1 fully saturated rings. The Kier molecular flexibility index (Phi) is 5.81. The molecule has 0 aliphatic heterocycles. The number of nitrogens with one attached hydrogen (secondary N) is 1. The second-order valence-electron chi connectivity index (χ2n) is 4.67. The van der Waals surface area contributed by atoms with Gasteiger partial charge in [-0.15, -0.1) is 0 Å². The van der Waals surface area contributed by atoms with Gasteiger partial charge in [-0.3, -0.25) is 4.79 Å². The van der Waals surface area contributed by atoms with Crippen LogP contribution in [0.4, 0.5) is 26.3 Å². The molecule has 22 heavy (non-hydrogen) atoms. The molecule has 0 saturated heterocycles. The highest BCUT2D eigenvalue weighted by Crippen LogP contribution is 2.36. The predicted octanol–water partition coefficient (Wildman–Crippen LogP) is 3.68. The maximum atomic E-state index is 12.6. The normalized spacial score (nSPS) is 15.0. The first-order chi connectivity index (χ1) is 10.1. The average Bonchev–Trinajstić information content (AvgIpc) is 3.19. The van der Waals surface area contributed by atoms with Crippen LogP contribution in [0.5, 0.6) is 0 Å². The summed E-state index contributed by atoms with van der Waals surface area (Å²) in [6.45, 7) is -0.238. The van der Waals surface area contributed by atoms with E-state index in [0.29, 0.717) is 0 Å². The first kappa shape index (κ1) is 18.3. The van der Waals surface area contributed by atoms with Gasteiger partial charge >= 0.3 is 12.4 Å². The van der Waals surface area contributed by atoms with Crippen LogP contribution >= 0.6 is 0 Å². The van der Waals surface area contributed by atoms with E-state index in [9.17, 15) is 26.3 Å². The fourth-order valence-corrected chi connectivity index (χ4v) is 1.67. The third-order valence-electron chi connectivity index (χ3n) is 2.82. The van der Waals surface area contributed by atoms with Crippen LogP contribution in [-0.2, 0) is 23.7 Å². The van der Waals surface area contributed by atoms with E-state index in [-0.39, 0.29) is 30.7 Å². The highest BCUT2D eigenvalue weighted by Gasteiger charge is 2.36. The summed E-state index contributed by atoms with van der Waals surface area (Å²) in [7, 11) is 0.